The van der Waals surface area contributed by atoms with Crippen LogP contribution in [0, 0.1) is 0 Å². The van der Waals surface area contributed by atoms with Crippen molar-refractivity contribution < 1.29 is 14.6 Å². The van der Waals surface area contributed by atoms with Gasteiger partial charge in [0.1, 0.15) is 5.60 Å². The van der Waals surface area contributed by atoms with E-state index in [1.54, 1.807) is 6.92 Å². The van der Waals surface area contributed by atoms with Gasteiger partial charge in [0.05, 0.1) is 13.2 Å². The molecule has 24 heavy (non-hydrogen) atoms. The van der Waals surface area contributed by atoms with Gasteiger partial charge < -0.3 is 14.6 Å². The van der Waals surface area contributed by atoms with Crippen molar-refractivity contribution in [1.82, 2.24) is 0 Å². The molecule has 0 saturated heterocycles. The van der Waals surface area contributed by atoms with Gasteiger partial charge in [-0.1, -0.05) is 81.4 Å². The van der Waals surface area contributed by atoms with E-state index in [1.807, 2.05) is 36.4 Å². The minimum Gasteiger partial charge on any atom is -0.404 e. The Morgan fingerprint density at radius 1 is 0.833 bits per heavy atom. The maximum absolute atomic E-state index is 10.3. The highest BCUT2D eigenvalue weighted by molar-refractivity contribution is 6.99. The summed E-state index contributed by atoms with van der Waals surface area (Å²) in [6, 6.07) is 20.5. The van der Waals surface area contributed by atoms with E-state index in [0.717, 1.165) is 10.4 Å². The molecule has 0 fully saturated rings. The van der Waals surface area contributed by atoms with Crippen LogP contribution in [0.1, 0.15) is 27.7 Å². The summed E-state index contributed by atoms with van der Waals surface area (Å²) in [7, 11) is -2.65. The molecule has 0 aliphatic rings. The molecule has 2 aromatic carbocycles. The molecule has 0 unspecified atom stereocenters. The summed E-state index contributed by atoms with van der Waals surface area (Å²) in [5, 5.41) is 21.9. The molecule has 3 nitrogen and oxygen atoms in total. The summed E-state index contributed by atoms with van der Waals surface area (Å²) in [4.78, 5) is 0. The Morgan fingerprint density at radius 3 is 1.58 bits per heavy atom. The number of benzene rings is 2. The average molecular weight is 345 g/mol. The summed E-state index contributed by atoms with van der Waals surface area (Å²) >= 11 is 0. The molecule has 130 valence electrons. The Labute approximate surface area is 146 Å². The monoisotopic (exact) mass is 344 g/mol. The van der Waals surface area contributed by atoms with Gasteiger partial charge in [0.15, 0.2) is 0 Å². The quantitative estimate of drug-likeness (QED) is 0.791. The van der Waals surface area contributed by atoms with Crippen LogP contribution < -0.4 is 10.4 Å². The lowest BCUT2D eigenvalue weighted by Gasteiger charge is -2.44. The Balaban J connectivity index is 2.62. The number of aliphatic hydroxyl groups excluding tert-OH is 1. The fourth-order valence-electron chi connectivity index (χ4n) is 3.07. The molecule has 0 aliphatic carbocycles. The van der Waals surface area contributed by atoms with Gasteiger partial charge in [-0.3, -0.25) is 0 Å². The van der Waals surface area contributed by atoms with E-state index >= 15 is 0 Å². The minimum atomic E-state index is -2.65. The predicted molar refractivity (Wildman–Crippen MR) is 101 cm³/mol. The Morgan fingerprint density at radius 2 is 1.25 bits per heavy atom. The van der Waals surface area contributed by atoms with Crippen molar-refractivity contribution in [3.05, 3.63) is 60.7 Å². The fraction of sp³-hybridized carbons (Fsp3) is 0.400. The first kappa shape index (κ1) is 18.9. The maximum Gasteiger partial charge on any atom is 0.261 e. The Hall–Kier alpha value is -1.46. The van der Waals surface area contributed by atoms with E-state index in [0.29, 0.717) is 0 Å². The molecule has 2 aromatic rings. The minimum absolute atomic E-state index is 0.0940. The van der Waals surface area contributed by atoms with Crippen LogP contribution in [-0.2, 0) is 4.43 Å². The van der Waals surface area contributed by atoms with Gasteiger partial charge in [0, 0.05) is 0 Å². The van der Waals surface area contributed by atoms with E-state index in [-0.39, 0.29) is 18.3 Å². The standard InChI is InChI=1S/C20H28O3Si/c1-19(2,3)24(17-11-7-5-8-12-17,18-13-9-6-10-14-18)23-16-20(4,22)15-21/h5-14,21-22H,15-16H2,1-4H3/t20-/m1/s1. The average Bonchev–Trinajstić information content (AvgIpc) is 2.56. The van der Waals surface area contributed by atoms with E-state index in [9.17, 15) is 10.2 Å². The first-order valence-corrected chi connectivity index (χ1v) is 10.2. The first-order valence-electron chi connectivity index (χ1n) is 8.31. The molecular weight excluding hydrogens is 316 g/mol. The molecule has 4 heteroatoms. The lowest BCUT2D eigenvalue weighted by Crippen LogP contribution is -2.67. The van der Waals surface area contributed by atoms with Crippen molar-refractivity contribution in [3.63, 3.8) is 0 Å². The third-order valence-electron chi connectivity index (χ3n) is 4.36. The summed E-state index contributed by atoms with van der Waals surface area (Å²) in [5.74, 6) is 0. The van der Waals surface area contributed by atoms with Crippen LogP contribution in [0.3, 0.4) is 0 Å². The SMILES string of the molecule is CC(C)(C)[Si](OC[C@](C)(O)CO)(c1ccccc1)c1ccccc1. The van der Waals surface area contributed by atoms with Crippen LogP contribution in [0.5, 0.6) is 0 Å². The summed E-state index contributed by atoms with van der Waals surface area (Å²) in [6.07, 6.45) is 0. The van der Waals surface area contributed by atoms with Crippen LogP contribution >= 0.6 is 0 Å². The van der Waals surface area contributed by atoms with Crippen molar-refractivity contribution in [2.75, 3.05) is 13.2 Å². The molecule has 0 spiro atoms. The van der Waals surface area contributed by atoms with Gasteiger partial charge in [-0.25, -0.2) is 0 Å². The van der Waals surface area contributed by atoms with Crippen molar-refractivity contribution in [1.29, 1.82) is 0 Å². The molecule has 1 atom stereocenters. The molecule has 0 bridgehead atoms. The lowest BCUT2D eigenvalue weighted by atomic mass is 10.1. The summed E-state index contributed by atoms with van der Waals surface area (Å²) < 4.78 is 6.55. The zero-order chi connectivity index (χ0) is 17.8. The lowest BCUT2D eigenvalue weighted by molar-refractivity contribution is -0.0350. The van der Waals surface area contributed by atoms with Gasteiger partial charge in [0.25, 0.3) is 8.32 Å². The first-order chi connectivity index (χ1) is 11.2. The van der Waals surface area contributed by atoms with E-state index in [2.05, 4.69) is 45.0 Å². The van der Waals surface area contributed by atoms with Crippen molar-refractivity contribution in [2.24, 2.45) is 0 Å². The highest BCUT2D eigenvalue weighted by Crippen LogP contribution is 2.37. The third kappa shape index (κ3) is 3.78. The van der Waals surface area contributed by atoms with Gasteiger partial charge in [0.2, 0.25) is 0 Å². The Kier molecular flexibility index (Phi) is 5.66. The van der Waals surface area contributed by atoms with Gasteiger partial charge in [-0.15, -0.1) is 0 Å². The molecular formula is C20H28O3Si. The van der Waals surface area contributed by atoms with Crippen molar-refractivity contribution in [2.45, 2.75) is 38.3 Å². The normalized spacial score (nSPS) is 15.1. The van der Waals surface area contributed by atoms with Gasteiger partial charge >= 0.3 is 0 Å². The van der Waals surface area contributed by atoms with E-state index in [1.165, 1.54) is 0 Å². The number of aliphatic hydroxyl groups is 2. The van der Waals surface area contributed by atoms with Crippen LogP contribution in [0.15, 0.2) is 60.7 Å². The van der Waals surface area contributed by atoms with Crippen LogP contribution in [0.2, 0.25) is 5.04 Å². The fourth-order valence-corrected chi connectivity index (χ4v) is 7.75. The summed E-state index contributed by atoms with van der Waals surface area (Å²) in [5.41, 5.74) is -1.26. The third-order valence-corrected chi connectivity index (χ3v) is 9.34. The highest BCUT2D eigenvalue weighted by Gasteiger charge is 2.50. The molecule has 0 aliphatic heterocycles. The van der Waals surface area contributed by atoms with Crippen LogP contribution in [-0.4, -0.2) is 37.3 Å². The zero-order valence-corrected chi connectivity index (χ0v) is 16.0. The molecule has 2 rings (SSSR count). The predicted octanol–water partition coefficient (Wildman–Crippen LogP) is 2.31. The molecule has 0 heterocycles. The van der Waals surface area contributed by atoms with Gasteiger partial charge in [-0.05, 0) is 22.3 Å². The maximum atomic E-state index is 10.3. The van der Waals surface area contributed by atoms with Crippen molar-refractivity contribution in [3.8, 4) is 0 Å². The Bertz CT molecular complexity index is 593. The van der Waals surface area contributed by atoms with Crippen LogP contribution in [0.4, 0.5) is 0 Å². The van der Waals surface area contributed by atoms with Gasteiger partial charge in [-0.2, -0.15) is 0 Å². The highest BCUT2D eigenvalue weighted by atomic mass is 28.4. The number of hydrogen-bond acceptors (Lipinski definition) is 3. The zero-order valence-electron chi connectivity index (χ0n) is 15.0. The topological polar surface area (TPSA) is 49.7 Å². The van der Waals surface area contributed by atoms with E-state index in [4.69, 9.17) is 4.43 Å². The van der Waals surface area contributed by atoms with Crippen molar-refractivity contribution >= 4 is 18.7 Å². The molecule has 0 saturated carbocycles. The van der Waals surface area contributed by atoms with E-state index < -0.39 is 13.9 Å². The molecule has 2 N–H and O–H groups in total. The summed E-state index contributed by atoms with van der Waals surface area (Å²) in [6.45, 7) is 7.93. The number of rotatable bonds is 6. The number of hydrogen-bond donors (Lipinski definition) is 2. The second-order valence-electron chi connectivity index (χ2n) is 7.61. The second kappa shape index (κ2) is 7.19. The van der Waals surface area contributed by atoms with Crippen LogP contribution in [0.25, 0.3) is 0 Å². The smallest absolute Gasteiger partial charge is 0.261 e. The molecule has 0 aromatic heterocycles. The molecule has 0 radical (unpaired) electrons. The molecule has 0 amide bonds. The largest absolute Gasteiger partial charge is 0.404 e. The second-order valence-corrected chi connectivity index (χ2v) is 11.9.